The standard InChI is InChI=1S/C16H27NO4.Li/c1-15(2,3)21-14(20)17-10-8-16(9-11-17)6-4-12(5-7-16)13(18)19;/h12H,4-11H2,1-3H3,(H,18,19);/q;+1/p-1. The van der Waals surface area contributed by atoms with Crippen LogP contribution in [-0.4, -0.2) is 35.7 Å². The minimum absolute atomic E-state index is 0. The summed E-state index contributed by atoms with van der Waals surface area (Å²) >= 11 is 0. The summed E-state index contributed by atoms with van der Waals surface area (Å²) in [6.45, 7) is 7.04. The molecule has 1 heterocycles. The molecule has 0 bridgehead atoms. The second-order valence-electron chi connectivity index (χ2n) is 7.56. The summed E-state index contributed by atoms with van der Waals surface area (Å²) in [4.78, 5) is 24.7. The van der Waals surface area contributed by atoms with Crippen molar-refractivity contribution in [2.24, 2.45) is 11.3 Å². The van der Waals surface area contributed by atoms with Crippen molar-refractivity contribution in [2.45, 2.75) is 64.9 Å². The van der Waals surface area contributed by atoms with E-state index in [1.807, 2.05) is 20.8 Å². The molecule has 1 aliphatic heterocycles. The molecule has 2 rings (SSSR count). The number of carbonyl (C=O) groups excluding carboxylic acids is 2. The first-order valence-electron chi connectivity index (χ1n) is 7.90. The molecule has 1 aliphatic carbocycles. The number of carbonyl (C=O) groups is 2. The molecule has 0 atom stereocenters. The van der Waals surface area contributed by atoms with Crippen LogP contribution in [0.1, 0.15) is 59.3 Å². The number of hydrogen-bond donors (Lipinski definition) is 0. The molecule has 1 saturated carbocycles. The molecule has 0 N–H and O–H groups in total. The summed E-state index contributed by atoms with van der Waals surface area (Å²) in [6, 6.07) is 0. The number of carboxylic acid groups (broad SMARTS) is 1. The van der Waals surface area contributed by atoms with Crippen molar-refractivity contribution in [1.29, 1.82) is 0 Å². The van der Waals surface area contributed by atoms with E-state index in [1.165, 1.54) is 0 Å². The van der Waals surface area contributed by atoms with Gasteiger partial charge in [0.05, 0.1) is 0 Å². The van der Waals surface area contributed by atoms with Crippen molar-refractivity contribution in [3.8, 4) is 0 Å². The van der Waals surface area contributed by atoms with Gasteiger partial charge in [0.25, 0.3) is 0 Å². The molecule has 0 radical (unpaired) electrons. The van der Waals surface area contributed by atoms with Gasteiger partial charge in [-0.3, -0.25) is 0 Å². The number of aliphatic carboxylic acids is 1. The van der Waals surface area contributed by atoms with E-state index in [9.17, 15) is 14.7 Å². The van der Waals surface area contributed by atoms with Crippen LogP contribution in [0.2, 0.25) is 0 Å². The van der Waals surface area contributed by atoms with E-state index < -0.39 is 11.6 Å². The van der Waals surface area contributed by atoms with Gasteiger partial charge in [0.1, 0.15) is 5.60 Å². The Hall–Kier alpha value is -0.663. The van der Waals surface area contributed by atoms with Crippen LogP contribution in [0.5, 0.6) is 0 Å². The van der Waals surface area contributed by atoms with Gasteiger partial charge in [-0.15, -0.1) is 0 Å². The van der Waals surface area contributed by atoms with E-state index in [0.717, 1.165) is 38.5 Å². The predicted octanol–water partition coefficient (Wildman–Crippen LogP) is -1.05. The van der Waals surface area contributed by atoms with E-state index in [4.69, 9.17) is 4.74 Å². The molecule has 0 aromatic rings. The number of likely N-dealkylation sites (tertiary alicyclic amines) is 1. The first-order chi connectivity index (χ1) is 9.71. The number of piperidine rings is 1. The Bertz CT molecular complexity index is 401. The maximum absolute atomic E-state index is 12.0. The maximum Gasteiger partial charge on any atom is 1.00 e. The third-order valence-corrected chi connectivity index (χ3v) is 4.86. The van der Waals surface area contributed by atoms with Gasteiger partial charge in [-0.1, -0.05) is 0 Å². The van der Waals surface area contributed by atoms with Crippen LogP contribution in [0.3, 0.4) is 0 Å². The minimum Gasteiger partial charge on any atom is -0.550 e. The molecular weight excluding hydrogens is 277 g/mol. The largest absolute Gasteiger partial charge is 1.00 e. The molecule has 2 fully saturated rings. The van der Waals surface area contributed by atoms with Crippen LogP contribution >= 0.6 is 0 Å². The van der Waals surface area contributed by atoms with E-state index in [-0.39, 0.29) is 36.3 Å². The first-order valence-corrected chi connectivity index (χ1v) is 7.90. The molecule has 120 valence electrons. The van der Waals surface area contributed by atoms with Gasteiger partial charge >= 0.3 is 25.0 Å². The quantitative estimate of drug-likeness (QED) is 0.580. The van der Waals surface area contributed by atoms with Crippen molar-refractivity contribution in [2.75, 3.05) is 13.1 Å². The summed E-state index contributed by atoms with van der Waals surface area (Å²) < 4.78 is 5.40. The summed E-state index contributed by atoms with van der Waals surface area (Å²) in [7, 11) is 0. The smallest absolute Gasteiger partial charge is 0.550 e. The molecule has 1 saturated heterocycles. The zero-order chi connectivity index (χ0) is 15.7. The van der Waals surface area contributed by atoms with Crippen LogP contribution in [0.15, 0.2) is 0 Å². The molecular formula is C16H26LiNO4. The molecule has 2 aliphatic rings. The zero-order valence-corrected chi connectivity index (χ0v) is 14.3. The van der Waals surface area contributed by atoms with Crippen LogP contribution in [-0.2, 0) is 9.53 Å². The summed E-state index contributed by atoms with van der Waals surface area (Å²) in [5.41, 5.74) is -0.233. The third kappa shape index (κ3) is 4.92. The van der Waals surface area contributed by atoms with Gasteiger partial charge < -0.3 is 19.5 Å². The van der Waals surface area contributed by atoms with Crippen LogP contribution in [0, 0.1) is 11.3 Å². The first kappa shape index (κ1) is 19.4. The van der Waals surface area contributed by atoms with Crippen molar-refractivity contribution < 1.29 is 38.3 Å². The average Bonchev–Trinajstić information content (AvgIpc) is 2.38. The SMILES string of the molecule is CC(C)(C)OC(=O)N1CCC2(CCC(C(=O)[O-])CC2)CC1.[Li+]. The number of hydrogen-bond acceptors (Lipinski definition) is 4. The fourth-order valence-electron chi connectivity index (χ4n) is 3.46. The molecule has 5 nitrogen and oxygen atoms in total. The van der Waals surface area contributed by atoms with Gasteiger partial charge in [0.15, 0.2) is 0 Å². The zero-order valence-electron chi connectivity index (χ0n) is 14.3. The van der Waals surface area contributed by atoms with Crippen molar-refractivity contribution in [3.05, 3.63) is 0 Å². The second kappa shape index (κ2) is 7.27. The second-order valence-corrected chi connectivity index (χ2v) is 7.56. The normalized spacial score (nSPS) is 22.0. The number of rotatable bonds is 1. The molecule has 0 aromatic heterocycles. The van der Waals surface area contributed by atoms with Crippen LogP contribution in [0.25, 0.3) is 0 Å². The Morgan fingerprint density at radius 1 is 1.09 bits per heavy atom. The molecule has 1 amide bonds. The summed E-state index contributed by atoms with van der Waals surface area (Å²) in [5, 5.41) is 10.9. The van der Waals surface area contributed by atoms with Crippen molar-refractivity contribution >= 4 is 12.1 Å². The van der Waals surface area contributed by atoms with Gasteiger partial charge in [-0.05, 0) is 70.6 Å². The Morgan fingerprint density at radius 2 is 1.59 bits per heavy atom. The number of nitrogens with zero attached hydrogens (tertiary/aromatic N) is 1. The number of carboxylic acids is 1. The minimum atomic E-state index is -0.906. The molecule has 1 spiro atoms. The van der Waals surface area contributed by atoms with Crippen molar-refractivity contribution in [1.82, 2.24) is 4.90 Å². The Labute approximate surface area is 144 Å². The summed E-state index contributed by atoms with van der Waals surface area (Å²) in [5.74, 6) is -1.18. The monoisotopic (exact) mass is 303 g/mol. The molecule has 22 heavy (non-hydrogen) atoms. The fourth-order valence-corrected chi connectivity index (χ4v) is 3.46. The maximum atomic E-state index is 12.0. The van der Waals surface area contributed by atoms with E-state index in [2.05, 4.69) is 0 Å². The molecule has 6 heteroatoms. The molecule has 0 unspecified atom stereocenters. The van der Waals surface area contributed by atoms with E-state index >= 15 is 0 Å². The predicted molar refractivity (Wildman–Crippen MR) is 76.4 cm³/mol. The van der Waals surface area contributed by atoms with Crippen LogP contribution in [0.4, 0.5) is 4.79 Å². The van der Waals surface area contributed by atoms with Gasteiger partial charge in [-0.2, -0.15) is 0 Å². The van der Waals surface area contributed by atoms with Gasteiger partial charge in [0.2, 0.25) is 0 Å². The van der Waals surface area contributed by atoms with E-state index in [1.54, 1.807) is 4.90 Å². The number of amides is 1. The van der Waals surface area contributed by atoms with Crippen LogP contribution < -0.4 is 24.0 Å². The average molecular weight is 303 g/mol. The fraction of sp³-hybridized carbons (Fsp3) is 0.875. The summed E-state index contributed by atoms with van der Waals surface area (Å²) in [6.07, 6.45) is 4.98. The van der Waals surface area contributed by atoms with Gasteiger partial charge in [0, 0.05) is 19.1 Å². The van der Waals surface area contributed by atoms with Crippen molar-refractivity contribution in [3.63, 3.8) is 0 Å². The number of ether oxygens (including phenoxy) is 1. The third-order valence-electron chi connectivity index (χ3n) is 4.86. The topological polar surface area (TPSA) is 69.7 Å². The molecule has 0 aromatic carbocycles. The van der Waals surface area contributed by atoms with Gasteiger partial charge in [-0.25, -0.2) is 4.79 Å². The Morgan fingerprint density at radius 3 is 2.00 bits per heavy atom. The Kier molecular flexibility index (Phi) is 6.41. The Balaban J connectivity index is 0.00000242. The van der Waals surface area contributed by atoms with E-state index in [0.29, 0.717) is 13.1 Å².